The fraction of sp³-hybridized carbons (Fsp3) is 0.229. The number of carboxylic acid groups (broad SMARTS) is 1. The zero-order valence-corrected chi connectivity index (χ0v) is 23.4. The summed E-state index contributed by atoms with van der Waals surface area (Å²) in [5.74, 6) is -0.608. The van der Waals surface area contributed by atoms with Crippen LogP contribution in [0.5, 0.6) is 5.75 Å². The highest BCUT2D eigenvalue weighted by Crippen LogP contribution is 2.44. The van der Waals surface area contributed by atoms with Crippen LogP contribution < -0.4 is 10.1 Å². The molecule has 7 heteroatoms. The molecule has 214 valence electrons. The number of amides is 1. The van der Waals surface area contributed by atoms with E-state index in [-0.39, 0.29) is 31.1 Å². The van der Waals surface area contributed by atoms with Gasteiger partial charge in [-0.05, 0) is 58.9 Å². The van der Waals surface area contributed by atoms with E-state index in [1.54, 1.807) is 19.2 Å². The van der Waals surface area contributed by atoms with Crippen molar-refractivity contribution < 1.29 is 29.0 Å². The number of carbonyl (C=O) groups is 3. The van der Waals surface area contributed by atoms with Gasteiger partial charge in [0.15, 0.2) is 5.78 Å². The molecule has 0 aliphatic heterocycles. The molecule has 0 unspecified atom stereocenters. The lowest BCUT2D eigenvalue weighted by Crippen LogP contribution is -2.41. The van der Waals surface area contributed by atoms with Gasteiger partial charge in [-0.15, -0.1) is 0 Å². The monoisotopic (exact) mass is 563 g/mol. The molecule has 0 saturated carbocycles. The fourth-order valence-corrected chi connectivity index (χ4v) is 5.54. The summed E-state index contributed by atoms with van der Waals surface area (Å²) in [6, 6.07) is 30.0. The molecule has 0 bridgehead atoms. The van der Waals surface area contributed by atoms with E-state index in [1.165, 1.54) is 0 Å². The third kappa shape index (κ3) is 6.36. The van der Waals surface area contributed by atoms with Gasteiger partial charge in [0.2, 0.25) is 0 Å². The summed E-state index contributed by atoms with van der Waals surface area (Å²) in [4.78, 5) is 37.4. The second-order valence-electron chi connectivity index (χ2n) is 10.3. The number of ether oxygens (including phenoxy) is 2. The van der Waals surface area contributed by atoms with Crippen molar-refractivity contribution in [3.63, 3.8) is 0 Å². The van der Waals surface area contributed by atoms with E-state index in [1.807, 2.05) is 72.8 Å². The second-order valence-corrected chi connectivity index (χ2v) is 10.3. The quantitative estimate of drug-likeness (QED) is 0.141. The van der Waals surface area contributed by atoms with E-state index in [4.69, 9.17) is 9.47 Å². The van der Waals surface area contributed by atoms with Crippen LogP contribution in [0.4, 0.5) is 4.79 Å². The number of unbranched alkanes of at least 4 members (excludes halogenated alkanes) is 1. The van der Waals surface area contributed by atoms with Crippen LogP contribution in [-0.4, -0.2) is 42.7 Å². The summed E-state index contributed by atoms with van der Waals surface area (Å²) >= 11 is 0. The number of fused-ring (bicyclic) bond motifs is 3. The van der Waals surface area contributed by atoms with Gasteiger partial charge in [0.05, 0.1) is 7.11 Å². The Morgan fingerprint density at radius 1 is 0.810 bits per heavy atom. The van der Waals surface area contributed by atoms with Crippen molar-refractivity contribution in [2.24, 2.45) is 0 Å². The maximum atomic E-state index is 12.9. The van der Waals surface area contributed by atoms with Crippen molar-refractivity contribution in [1.29, 1.82) is 0 Å². The van der Waals surface area contributed by atoms with Crippen LogP contribution in [0.1, 0.15) is 53.1 Å². The topological polar surface area (TPSA) is 102 Å². The number of ketones is 1. The summed E-state index contributed by atoms with van der Waals surface area (Å²) in [6.45, 7) is 0.105. The van der Waals surface area contributed by atoms with Gasteiger partial charge in [0.25, 0.3) is 0 Å². The molecule has 7 nitrogen and oxygen atoms in total. The molecule has 0 aromatic heterocycles. The van der Waals surface area contributed by atoms with Crippen molar-refractivity contribution in [2.45, 2.75) is 37.6 Å². The average Bonchev–Trinajstić information content (AvgIpc) is 3.34. The molecule has 1 aliphatic rings. The highest BCUT2D eigenvalue weighted by atomic mass is 16.5. The maximum Gasteiger partial charge on any atom is 0.407 e. The van der Waals surface area contributed by atoms with E-state index in [0.29, 0.717) is 24.2 Å². The first kappa shape index (κ1) is 28.6. The maximum absolute atomic E-state index is 12.9. The number of hydrogen-bond donors (Lipinski definition) is 2. The molecule has 1 amide bonds. The van der Waals surface area contributed by atoms with Crippen molar-refractivity contribution >= 4 is 17.8 Å². The molecule has 0 saturated heterocycles. The smallest absolute Gasteiger partial charge is 0.407 e. The van der Waals surface area contributed by atoms with Gasteiger partial charge in [-0.1, -0.05) is 85.3 Å². The lowest BCUT2D eigenvalue weighted by atomic mass is 9.97. The molecule has 0 spiro atoms. The van der Waals surface area contributed by atoms with Crippen LogP contribution in [0.3, 0.4) is 0 Å². The number of nitrogens with one attached hydrogen (secondary N) is 1. The number of Topliss-reactive ketones (excluding diaryl/α,β-unsaturated/α-hetero) is 1. The first-order valence-corrected chi connectivity index (χ1v) is 14.1. The van der Waals surface area contributed by atoms with Gasteiger partial charge in [0.1, 0.15) is 18.4 Å². The average molecular weight is 564 g/mol. The van der Waals surface area contributed by atoms with Crippen molar-refractivity contribution in [2.75, 3.05) is 13.7 Å². The van der Waals surface area contributed by atoms with Crippen LogP contribution >= 0.6 is 0 Å². The minimum Gasteiger partial charge on any atom is -0.496 e. The van der Waals surface area contributed by atoms with E-state index >= 15 is 0 Å². The fourth-order valence-electron chi connectivity index (χ4n) is 5.54. The predicted molar refractivity (Wildman–Crippen MR) is 161 cm³/mol. The molecular weight excluding hydrogens is 530 g/mol. The molecule has 1 atom stereocenters. The van der Waals surface area contributed by atoms with Gasteiger partial charge in [-0.25, -0.2) is 9.59 Å². The first-order chi connectivity index (χ1) is 20.5. The van der Waals surface area contributed by atoms with Crippen molar-refractivity contribution in [1.82, 2.24) is 5.32 Å². The lowest BCUT2D eigenvalue weighted by molar-refractivity contribution is -0.139. The van der Waals surface area contributed by atoms with Gasteiger partial charge in [0, 0.05) is 23.5 Å². The van der Waals surface area contributed by atoms with E-state index < -0.39 is 18.1 Å². The Hall–Kier alpha value is -4.91. The van der Waals surface area contributed by atoms with Gasteiger partial charge in [-0.2, -0.15) is 0 Å². The molecule has 0 radical (unpaired) electrons. The minimum atomic E-state index is -1.14. The van der Waals surface area contributed by atoms with Crippen LogP contribution in [0.25, 0.3) is 22.3 Å². The molecule has 0 fully saturated rings. The number of hydrogen-bond acceptors (Lipinski definition) is 5. The number of rotatable bonds is 12. The lowest BCUT2D eigenvalue weighted by Gasteiger charge is -2.17. The van der Waals surface area contributed by atoms with Crippen LogP contribution in [0.15, 0.2) is 97.1 Å². The summed E-state index contributed by atoms with van der Waals surface area (Å²) < 4.78 is 11.0. The van der Waals surface area contributed by atoms with Crippen LogP contribution in [0.2, 0.25) is 0 Å². The van der Waals surface area contributed by atoms with Gasteiger partial charge >= 0.3 is 12.1 Å². The number of carboxylic acids is 1. The Kier molecular flexibility index (Phi) is 8.97. The second kappa shape index (κ2) is 13.2. The van der Waals surface area contributed by atoms with E-state index in [0.717, 1.165) is 33.4 Å². The summed E-state index contributed by atoms with van der Waals surface area (Å²) in [5, 5.41) is 12.2. The summed E-state index contributed by atoms with van der Waals surface area (Å²) in [6.07, 6.45) is 0.616. The zero-order chi connectivity index (χ0) is 29.5. The Labute approximate surface area is 245 Å². The molecule has 5 rings (SSSR count). The zero-order valence-electron chi connectivity index (χ0n) is 23.4. The van der Waals surface area contributed by atoms with Gasteiger partial charge in [-0.3, -0.25) is 4.79 Å². The highest BCUT2D eigenvalue weighted by Gasteiger charge is 2.29. The molecule has 4 aromatic rings. The van der Waals surface area contributed by atoms with Crippen LogP contribution in [0, 0.1) is 0 Å². The SMILES string of the molecule is COc1ccc(C(=O)CCCC[C@@H](NC(=O)OCC2c3ccccc3-c3ccccc32)C(=O)O)cc1-c1ccccc1. The predicted octanol–water partition coefficient (Wildman–Crippen LogP) is 7.10. The molecule has 1 aliphatic carbocycles. The number of carbonyl (C=O) groups excluding carboxylic acids is 2. The van der Waals surface area contributed by atoms with Crippen LogP contribution in [-0.2, 0) is 9.53 Å². The standard InChI is InChI=1S/C35H33NO6/c1-41-33-20-19-24(21-29(33)23-11-3-2-4-12-23)32(37)18-10-9-17-31(34(38)39)36-35(40)42-22-30-27-15-7-5-13-25(27)26-14-6-8-16-28(26)30/h2-8,11-16,19-21,30-31H,9-10,17-18,22H2,1H3,(H,36,40)(H,38,39)/t31-/m1/s1. The van der Waals surface area contributed by atoms with Gasteiger partial charge < -0.3 is 19.9 Å². The largest absolute Gasteiger partial charge is 0.496 e. The number of alkyl carbamates (subject to hydrolysis) is 1. The summed E-state index contributed by atoms with van der Waals surface area (Å²) in [5.41, 5.74) is 6.75. The highest BCUT2D eigenvalue weighted by molar-refractivity contribution is 5.97. The Balaban J connectivity index is 1.12. The van der Waals surface area contributed by atoms with E-state index in [2.05, 4.69) is 17.4 Å². The number of aliphatic carboxylic acids is 1. The Morgan fingerprint density at radius 3 is 2.10 bits per heavy atom. The molecule has 42 heavy (non-hydrogen) atoms. The summed E-state index contributed by atoms with van der Waals surface area (Å²) in [7, 11) is 1.60. The third-order valence-corrected chi connectivity index (χ3v) is 7.69. The molecule has 4 aromatic carbocycles. The number of methoxy groups -OCH3 is 1. The van der Waals surface area contributed by atoms with Crippen molar-refractivity contribution in [3.8, 4) is 28.0 Å². The molecule has 2 N–H and O–H groups in total. The first-order valence-electron chi connectivity index (χ1n) is 14.1. The molecule has 0 heterocycles. The minimum absolute atomic E-state index is 0.0359. The number of benzene rings is 4. The Bertz CT molecular complexity index is 1540. The third-order valence-electron chi connectivity index (χ3n) is 7.69. The van der Waals surface area contributed by atoms with Crippen molar-refractivity contribution in [3.05, 3.63) is 114 Å². The Morgan fingerprint density at radius 2 is 1.45 bits per heavy atom. The van der Waals surface area contributed by atoms with E-state index in [9.17, 15) is 19.5 Å². The normalized spacial score (nSPS) is 12.6. The molecular formula is C35H33NO6.